The van der Waals surface area contributed by atoms with E-state index in [0.717, 1.165) is 6.07 Å². The maximum absolute atomic E-state index is 13.2. The summed E-state index contributed by atoms with van der Waals surface area (Å²) in [6, 6.07) is 2.75. The number of hydrogen-bond acceptors (Lipinski definition) is 2. The summed E-state index contributed by atoms with van der Waals surface area (Å²) in [5, 5.41) is 3.13. The Labute approximate surface area is 121 Å². The third-order valence-electron chi connectivity index (χ3n) is 4.13. The van der Waals surface area contributed by atoms with Crippen molar-refractivity contribution in [3.8, 4) is 0 Å². The zero-order chi connectivity index (χ0) is 15.7. The molecular weight excluding hydrogens is 286 g/mol. The number of hydrogen-bond donors (Lipinski definition) is 1. The van der Waals surface area contributed by atoms with Gasteiger partial charge in [0.25, 0.3) is 0 Å². The average molecular weight is 305 g/mol. The minimum atomic E-state index is -4.60. The molecule has 0 aliphatic carbocycles. The van der Waals surface area contributed by atoms with Gasteiger partial charge in [-0.05, 0) is 30.5 Å². The first-order valence-electron chi connectivity index (χ1n) is 7.06. The maximum Gasteiger partial charge on any atom is 0.416 e. The summed E-state index contributed by atoms with van der Waals surface area (Å²) in [4.78, 5) is 0. The quantitative estimate of drug-likeness (QED) is 0.850. The molecule has 118 valence electrons. The number of alkyl halides is 3. The van der Waals surface area contributed by atoms with Gasteiger partial charge < -0.3 is 10.1 Å². The van der Waals surface area contributed by atoms with Crippen molar-refractivity contribution in [3.63, 3.8) is 0 Å². The van der Waals surface area contributed by atoms with Gasteiger partial charge in [0.15, 0.2) is 0 Å². The van der Waals surface area contributed by atoms with Crippen molar-refractivity contribution in [3.05, 3.63) is 35.1 Å². The zero-order valence-electron chi connectivity index (χ0n) is 12.1. The molecule has 1 atom stereocenters. The second-order valence-corrected chi connectivity index (χ2v) is 5.36. The highest BCUT2D eigenvalue weighted by molar-refractivity contribution is 5.33. The molecule has 0 aromatic heterocycles. The molecule has 0 bridgehead atoms. The van der Waals surface area contributed by atoms with Crippen LogP contribution in [0.1, 0.15) is 43.9 Å². The fraction of sp³-hybridized carbons (Fsp3) is 0.600. The highest BCUT2D eigenvalue weighted by Gasteiger charge is 2.40. The Morgan fingerprint density at radius 2 is 1.95 bits per heavy atom. The van der Waals surface area contributed by atoms with Gasteiger partial charge in [0.2, 0.25) is 0 Å². The predicted octanol–water partition coefficient (Wildman–Crippen LogP) is 4.06. The number of ether oxygens (including phenoxy) is 1. The Morgan fingerprint density at radius 1 is 1.29 bits per heavy atom. The van der Waals surface area contributed by atoms with Crippen LogP contribution in [0.15, 0.2) is 18.2 Å². The van der Waals surface area contributed by atoms with Crippen LogP contribution in [0.4, 0.5) is 17.6 Å². The summed E-state index contributed by atoms with van der Waals surface area (Å²) in [6.45, 7) is 4.79. The van der Waals surface area contributed by atoms with Crippen molar-refractivity contribution in [1.29, 1.82) is 0 Å². The first-order valence-corrected chi connectivity index (χ1v) is 7.06. The lowest BCUT2D eigenvalue weighted by Crippen LogP contribution is -2.50. The van der Waals surface area contributed by atoms with Crippen LogP contribution >= 0.6 is 0 Å². The van der Waals surface area contributed by atoms with E-state index in [1.165, 1.54) is 6.07 Å². The molecule has 1 aromatic rings. The molecule has 1 fully saturated rings. The molecule has 1 aromatic carbocycles. The molecule has 1 aliphatic rings. The molecule has 1 aliphatic heterocycles. The maximum atomic E-state index is 13.2. The van der Waals surface area contributed by atoms with E-state index in [4.69, 9.17) is 4.74 Å². The Hall–Kier alpha value is -1.14. The molecule has 0 radical (unpaired) electrons. The molecule has 0 spiro atoms. The van der Waals surface area contributed by atoms with Gasteiger partial charge in [-0.3, -0.25) is 0 Å². The minimum Gasteiger partial charge on any atom is -0.364 e. The molecular formula is C15H19F4NO. The first-order chi connectivity index (χ1) is 9.81. The van der Waals surface area contributed by atoms with E-state index in [0.29, 0.717) is 25.5 Å². The predicted molar refractivity (Wildman–Crippen MR) is 71.4 cm³/mol. The number of morpholine rings is 1. The second kappa shape index (κ2) is 5.93. The Morgan fingerprint density at radius 3 is 2.52 bits per heavy atom. The summed E-state index contributed by atoms with van der Waals surface area (Å²) < 4.78 is 58.4. The largest absolute Gasteiger partial charge is 0.416 e. The third kappa shape index (κ3) is 3.37. The van der Waals surface area contributed by atoms with E-state index in [1.807, 2.05) is 13.8 Å². The van der Waals surface area contributed by atoms with Crippen molar-refractivity contribution in [1.82, 2.24) is 5.32 Å². The van der Waals surface area contributed by atoms with E-state index >= 15 is 0 Å². The monoisotopic (exact) mass is 305 g/mol. The second-order valence-electron chi connectivity index (χ2n) is 5.36. The van der Waals surface area contributed by atoms with Crippen molar-refractivity contribution >= 4 is 0 Å². The van der Waals surface area contributed by atoms with Crippen LogP contribution < -0.4 is 5.32 Å². The van der Waals surface area contributed by atoms with Gasteiger partial charge in [-0.1, -0.05) is 19.9 Å². The molecule has 1 saturated heterocycles. The van der Waals surface area contributed by atoms with Gasteiger partial charge in [-0.2, -0.15) is 13.2 Å². The summed E-state index contributed by atoms with van der Waals surface area (Å²) in [5.41, 5.74) is -1.44. The van der Waals surface area contributed by atoms with Gasteiger partial charge in [0.05, 0.1) is 17.3 Å². The van der Waals surface area contributed by atoms with Crippen LogP contribution in [0.3, 0.4) is 0 Å². The van der Waals surface area contributed by atoms with E-state index in [9.17, 15) is 17.6 Å². The van der Waals surface area contributed by atoms with Gasteiger partial charge in [0, 0.05) is 13.1 Å². The molecule has 1 N–H and O–H groups in total. The molecule has 2 rings (SSSR count). The molecule has 1 unspecified atom stereocenters. The molecule has 1 heterocycles. The van der Waals surface area contributed by atoms with Crippen LogP contribution in [0, 0.1) is 5.82 Å². The normalized spacial score (nSPS) is 22.3. The molecule has 21 heavy (non-hydrogen) atoms. The van der Waals surface area contributed by atoms with Crippen LogP contribution in [0.5, 0.6) is 0 Å². The van der Waals surface area contributed by atoms with Gasteiger partial charge in [-0.25, -0.2) is 4.39 Å². The van der Waals surface area contributed by atoms with E-state index in [-0.39, 0.29) is 12.1 Å². The molecule has 0 amide bonds. The number of rotatable bonds is 3. The van der Waals surface area contributed by atoms with Crippen LogP contribution in [-0.4, -0.2) is 18.7 Å². The molecule has 6 heteroatoms. The van der Waals surface area contributed by atoms with Crippen molar-refractivity contribution in [2.45, 2.75) is 44.6 Å². The SMILES string of the molecule is CCC1(CC)CNCC(c2ccc(F)cc2C(F)(F)F)O1. The lowest BCUT2D eigenvalue weighted by Gasteiger charge is -2.41. The average Bonchev–Trinajstić information content (AvgIpc) is 2.46. The van der Waals surface area contributed by atoms with Crippen molar-refractivity contribution in [2.75, 3.05) is 13.1 Å². The van der Waals surface area contributed by atoms with E-state index < -0.39 is 29.3 Å². The lowest BCUT2D eigenvalue weighted by atomic mass is 9.92. The van der Waals surface area contributed by atoms with Crippen LogP contribution in [0.25, 0.3) is 0 Å². The van der Waals surface area contributed by atoms with E-state index in [2.05, 4.69) is 5.32 Å². The smallest absolute Gasteiger partial charge is 0.364 e. The summed E-state index contributed by atoms with van der Waals surface area (Å²) in [6.07, 6.45) is -3.92. The number of halogens is 4. The highest BCUT2D eigenvalue weighted by atomic mass is 19.4. The summed E-state index contributed by atoms with van der Waals surface area (Å²) in [7, 11) is 0. The number of benzene rings is 1. The van der Waals surface area contributed by atoms with Gasteiger partial charge in [-0.15, -0.1) is 0 Å². The fourth-order valence-electron chi connectivity index (χ4n) is 2.71. The number of nitrogens with one attached hydrogen (secondary N) is 1. The van der Waals surface area contributed by atoms with Crippen LogP contribution in [0.2, 0.25) is 0 Å². The Balaban J connectivity index is 2.38. The Kier molecular flexibility index (Phi) is 4.58. The fourth-order valence-corrected chi connectivity index (χ4v) is 2.71. The lowest BCUT2D eigenvalue weighted by molar-refractivity contribution is -0.147. The topological polar surface area (TPSA) is 21.3 Å². The van der Waals surface area contributed by atoms with Crippen molar-refractivity contribution in [2.24, 2.45) is 0 Å². The minimum absolute atomic E-state index is 0.0117. The Bertz CT molecular complexity index is 497. The molecule has 2 nitrogen and oxygen atoms in total. The summed E-state index contributed by atoms with van der Waals surface area (Å²) >= 11 is 0. The zero-order valence-corrected chi connectivity index (χ0v) is 12.1. The van der Waals surface area contributed by atoms with Crippen LogP contribution in [-0.2, 0) is 10.9 Å². The first kappa shape index (κ1) is 16.2. The highest BCUT2D eigenvalue weighted by Crippen LogP contribution is 2.39. The standard InChI is InChI=1S/C15H19F4NO/c1-3-14(4-2)9-20-8-13(21-14)11-6-5-10(16)7-12(11)15(17,18)19/h5-7,13,20H,3-4,8-9H2,1-2H3. The van der Waals surface area contributed by atoms with Gasteiger partial charge >= 0.3 is 6.18 Å². The third-order valence-corrected chi connectivity index (χ3v) is 4.13. The van der Waals surface area contributed by atoms with Gasteiger partial charge in [0.1, 0.15) is 5.82 Å². The molecule has 0 saturated carbocycles. The van der Waals surface area contributed by atoms with Crippen molar-refractivity contribution < 1.29 is 22.3 Å². The summed E-state index contributed by atoms with van der Waals surface area (Å²) in [5.74, 6) is -0.896. The van der Waals surface area contributed by atoms with E-state index in [1.54, 1.807) is 0 Å².